The summed E-state index contributed by atoms with van der Waals surface area (Å²) in [6, 6.07) is 0. The van der Waals surface area contributed by atoms with Crippen molar-refractivity contribution in [1.29, 1.82) is 0 Å². The second-order valence-electron chi connectivity index (χ2n) is 0. The molecule has 0 saturated carbocycles. The maximum atomic E-state index is 7.50. The van der Waals surface area contributed by atoms with Gasteiger partial charge in [-0.3, -0.25) is 0 Å². The second kappa shape index (κ2) is 2430. The first kappa shape index (κ1) is 107. The minimum Gasteiger partial charge on any atom is -0.573 e. The molecule has 9 N–H and O–H groups in total. The van der Waals surface area contributed by atoms with Crippen LogP contribution in [0.25, 0.3) is 0 Å². The van der Waals surface area contributed by atoms with Gasteiger partial charge in [-0.25, -0.2) is 0 Å². The van der Waals surface area contributed by atoms with Crippen molar-refractivity contribution in [2.24, 2.45) is 0 Å². The van der Waals surface area contributed by atoms with Crippen molar-refractivity contribution in [3.05, 3.63) is 0 Å². The van der Waals surface area contributed by atoms with Gasteiger partial charge in [0.25, 0.3) is 0 Å². The smallest absolute Gasteiger partial charge is 0 e. The standard InChI is InChI=1S/3CO.3H2O.Re/c3*1-2;;;;/h;;;3*1H2;/q3*-1;;;;/p+3. The summed E-state index contributed by atoms with van der Waals surface area (Å²) >= 11 is 0. The number of rotatable bonds is 0. The van der Waals surface area contributed by atoms with Crippen molar-refractivity contribution >= 4 is 20.4 Å². The first-order chi connectivity index (χ1) is 3.00. The van der Waals surface area contributed by atoms with Gasteiger partial charge in [0.15, 0.2) is 0 Å². The Labute approximate surface area is 72.2 Å². The molecule has 0 aromatic heterocycles. The van der Waals surface area contributed by atoms with Crippen molar-refractivity contribution in [2.75, 3.05) is 0 Å². The Hall–Kier alpha value is -0.448. The third-order valence-corrected chi connectivity index (χ3v) is 0. The molecule has 0 unspecified atom stereocenters. The molecule has 6 nitrogen and oxygen atoms in total. The summed E-state index contributed by atoms with van der Waals surface area (Å²) < 4.78 is 0. The molecule has 0 heterocycles. The Kier molecular flexibility index (Phi) is 26100. The first-order valence-corrected chi connectivity index (χ1v) is 0.612. The van der Waals surface area contributed by atoms with Crippen LogP contribution in [0.5, 0.6) is 0 Å². The summed E-state index contributed by atoms with van der Waals surface area (Å²) in [6.45, 7) is 13.5. The van der Waals surface area contributed by atoms with Crippen LogP contribution in [-0.2, 0) is 51.2 Å². The van der Waals surface area contributed by atoms with E-state index in [2.05, 4.69) is 20.4 Å². The van der Waals surface area contributed by atoms with Crippen molar-refractivity contribution in [1.82, 2.24) is 0 Å². The van der Waals surface area contributed by atoms with Gasteiger partial charge in [-0.15, -0.1) is 0 Å². The van der Waals surface area contributed by atoms with Crippen molar-refractivity contribution in [3.63, 3.8) is 0 Å². The summed E-state index contributed by atoms with van der Waals surface area (Å²) in [7, 11) is 0. The molecular formula is C3H9O6Re. The minimum absolute atomic E-state index is 0. The Bertz CT molecular complexity index is 17.7. The van der Waals surface area contributed by atoms with E-state index in [0.29, 0.717) is 0 Å². The fourth-order valence-electron chi connectivity index (χ4n) is 0. The summed E-state index contributed by atoms with van der Waals surface area (Å²) in [6.07, 6.45) is 0. The predicted octanol–water partition coefficient (Wildman–Crippen LogP) is -3.96. The van der Waals surface area contributed by atoms with Crippen LogP contribution in [0.15, 0.2) is 0 Å². The zero-order valence-corrected chi connectivity index (χ0v) is 7.55. The largest absolute Gasteiger partial charge is 0.573 e. The summed E-state index contributed by atoms with van der Waals surface area (Å²) in [4.78, 5) is 22.5. The van der Waals surface area contributed by atoms with Crippen molar-refractivity contribution < 1.29 is 51.2 Å². The average Bonchev–Trinajstić information content (AvgIpc) is 1.81. The minimum atomic E-state index is 0. The molecule has 0 aromatic carbocycles. The molecule has 7 heteroatoms. The van der Waals surface area contributed by atoms with Gasteiger partial charge in [0.2, 0.25) is 0 Å². The summed E-state index contributed by atoms with van der Waals surface area (Å²) in [5, 5.41) is 0. The molecule has 0 aromatic rings. The molecule has 64 valence electrons. The fourth-order valence-corrected chi connectivity index (χ4v) is 0. The number of hydrogen-bond donors (Lipinski definition) is 0. The molecule has 0 amide bonds. The quantitative estimate of drug-likeness (QED) is 0.330. The van der Waals surface area contributed by atoms with Gasteiger partial charge in [0.05, 0.1) is 0 Å². The van der Waals surface area contributed by atoms with Gasteiger partial charge in [0.1, 0.15) is 0 Å². The van der Waals surface area contributed by atoms with Crippen LogP contribution in [-0.4, -0.2) is 20.4 Å². The van der Waals surface area contributed by atoms with Gasteiger partial charge in [0, 0.05) is 20.4 Å². The van der Waals surface area contributed by atoms with Crippen molar-refractivity contribution in [2.45, 2.75) is 0 Å². The van der Waals surface area contributed by atoms with E-state index in [4.69, 9.17) is 14.4 Å². The van der Waals surface area contributed by atoms with Crippen LogP contribution in [0.1, 0.15) is 0 Å². The molecule has 0 atom stereocenters. The molecule has 0 bridgehead atoms. The van der Waals surface area contributed by atoms with E-state index in [1.807, 2.05) is 0 Å². The van der Waals surface area contributed by atoms with E-state index in [1.54, 1.807) is 0 Å². The van der Waals surface area contributed by atoms with E-state index in [9.17, 15) is 0 Å². The maximum absolute atomic E-state index is 7.50. The molecule has 0 rings (SSSR count). The van der Waals surface area contributed by atoms with Gasteiger partial charge < -0.3 is 51.2 Å². The Balaban J connectivity index is -0.00000000225. The fraction of sp³-hybridized carbons (Fsp3) is 0. The maximum Gasteiger partial charge on any atom is 0 e. The molecule has 0 aliphatic rings. The van der Waals surface area contributed by atoms with Crippen LogP contribution in [0.2, 0.25) is 0 Å². The molecule has 0 spiro atoms. The second-order valence-corrected chi connectivity index (χ2v) is 0. The van der Waals surface area contributed by atoms with Gasteiger partial charge in [-0.2, -0.15) is 0 Å². The zero-order chi connectivity index (χ0) is 6.00. The Morgan fingerprint density at radius 2 is 0.500 bits per heavy atom. The van der Waals surface area contributed by atoms with Crippen LogP contribution in [0, 0.1) is 0 Å². The molecule has 10 heavy (non-hydrogen) atoms. The van der Waals surface area contributed by atoms with Gasteiger partial charge in [-0.1, -0.05) is 0 Å². The Morgan fingerprint density at radius 3 is 0.500 bits per heavy atom. The summed E-state index contributed by atoms with van der Waals surface area (Å²) in [5.41, 5.74) is 0. The topological polar surface area (TPSA) is 150 Å². The average molecular weight is 327 g/mol. The zero-order valence-electron chi connectivity index (χ0n) is 4.83. The van der Waals surface area contributed by atoms with Crippen LogP contribution in [0.4, 0.5) is 0 Å². The predicted molar refractivity (Wildman–Crippen MR) is 31.7 cm³/mol. The molecule has 4 radical (unpaired) electrons. The summed E-state index contributed by atoms with van der Waals surface area (Å²) in [5.74, 6) is 0. The molecule has 0 fully saturated rings. The number of carbonyl (C=O) groups excluding carboxylic acids is 3. The molecular weight excluding hydrogens is 318 g/mol. The van der Waals surface area contributed by atoms with Crippen LogP contribution < -0.4 is 0 Å². The van der Waals surface area contributed by atoms with Crippen molar-refractivity contribution in [3.8, 4) is 0 Å². The third kappa shape index (κ3) is 1620. The van der Waals surface area contributed by atoms with Gasteiger partial charge >= 0.3 is 0 Å². The Morgan fingerprint density at radius 1 is 0.500 bits per heavy atom. The van der Waals surface area contributed by atoms with E-state index >= 15 is 0 Å². The van der Waals surface area contributed by atoms with Gasteiger partial charge in [-0.05, 0) is 0 Å². The third-order valence-electron chi connectivity index (χ3n) is 0. The number of hydrogen-bond acceptors (Lipinski definition) is 3. The molecule has 0 saturated heterocycles. The van der Waals surface area contributed by atoms with E-state index in [1.165, 1.54) is 0 Å². The SMILES string of the molecule is [C-]=O.[C-]=O.[C-]=O.[OH3+].[OH3+].[OH3+].[Re]. The van der Waals surface area contributed by atoms with Crippen LogP contribution >= 0.6 is 0 Å². The first-order valence-electron chi connectivity index (χ1n) is 0.612. The van der Waals surface area contributed by atoms with Crippen LogP contribution in [0.3, 0.4) is 0 Å². The molecule has 0 aliphatic heterocycles. The monoisotopic (exact) mass is 328 g/mol. The molecule has 0 aliphatic carbocycles. The van der Waals surface area contributed by atoms with E-state index in [0.717, 1.165) is 0 Å². The normalized spacial score (nSPS) is 1.20. The van der Waals surface area contributed by atoms with E-state index < -0.39 is 0 Å². The van der Waals surface area contributed by atoms with E-state index in [-0.39, 0.29) is 36.9 Å².